The van der Waals surface area contributed by atoms with Gasteiger partial charge in [0.05, 0.1) is 16.4 Å². The van der Waals surface area contributed by atoms with Crippen LogP contribution in [0.5, 0.6) is 5.75 Å². The van der Waals surface area contributed by atoms with Crippen LogP contribution in [0.2, 0.25) is 4.34 Å². The average molecular weight is 555 g/mol. The van der Waals surface area contributed by atoms with Gasteiger partial charge >= 0.3 is 6.03 Å². The standard InChI is InChI=1S/C20H15ClN4O7S3/c21-16-7-8-18(33-16)35(30,31)24-20(28)23-12-2-4-13(5-3-12)25-17(26)9-11-1-6-14(32-34(22)29)10-15(11)19(25)27/h1-8,10H,9,22H2,(H2,23,24,28). The molecule has 4 amide bonds. The molecule has 0 radical (unpaired) electrons. The molecule has 2 heterocycles. The number of sulfonamides is 1. The maximum Gasteiger partial charge on any atom is 0.333 e. The predicted octanol–water partition coefficient (Wildman–Crippen LogP) is 2.56. The topological polar surface area (TPSA) is 165 Å². The number of nitrogens with zero attached hydrogens (tertiary/aromatic N) is 1. The summed E-state index contributed by atoms with van der Waals surface area (Å²) in [5.41, 5.74) is 1.11. The lowest BCUT2D eigenvalue weighted by Crippen LogP contribution is -2.42. The molecule has 4 rings (SSSR count). The Kier molecular flexibility index (Phi) is 6.91. The molecule has 4 N–H and O–H groups in total. The first-order valence-electron chi connectivity index (χ1n) is 9.57. The Balaban J connectivity index is 1.48. The summed E-state index contributed by atoms with van der Waals surface area (Å²) < 4.78 is 42.5. The van der Waals surface area contributed by atoms with Gasteiger partial charge in [0, 0.05) is 11.3 Å². The van der Waals surface area contributed by atoms with E-state index in [2.05, 4.69) is 5.32 Å². The lowest BCUT2D eigenvalue weighted by atomic mass is 9.97. The predicted molar refractivity (Wildman–Crippen MR) is 130 cm³/mol. The van der Waals surface area contributed by atoms with E-state index in [0.717, 1.165) is 16.2 Å². The second kappa shape index (κ2) is 9.75. The number of imide groups is 1. The van der Waals surface area contributed by atoms with E-state index in [0.29, 0.717) is 5.56 Å². The first-order chi connectivity index (χ1) is 16.5. The number of urea groups is 1. The van der Waals surface area contributed by atoms with E-state index < -0.39 is 39.1 Å². The van der Waals surface area contributed by atoms with Gasteiger partial charge in [-0.25, -0.2) is 28.0 Å². The summed E-state index contributed by atoms with van der Waals surface area (Å²) in [6.07, 6.45) is -0.0555. The molecule has 0 bridgehead atoms. The Morgan fingerprint density at radius 1 is 1.11 bits per heavy atom. The molecule has 0 aliphatic carbocycles. The summed E-state index contributed by atoms with van der Waals surface area (Å²) >= 11 is 4.46. The van der Waals surface area contributed by atoms with Crippen molar-refractivity contribution < 1.29 is 31.2 Å². The SMILES string of the molecule is NS(=O)Oc1ccc2c(c1)C(=O)N(c1ccc(NC(=O)NS(=O)(=O)c3ccc(Cl)s3)cc1)C(=O)C2. The summed E-state index contributed by atoms with van der Waals surface area (Å²) in [6.45, 7) is 0. The van der Waals surface area contributed by atoms with Gasteiger partial charge in [0.1, 0.15) is 9.96 Å². The maximum absolute atomic E-state index is 13.0. The second-order valence-electron chi connectivity index (χ2n) is 7.04. The van der Waals surface area contributed by atoms with Crippen LogP contribution < -0.4 is 24.3 Å². The third-order valence-corrected chi connectivity index (χ3v) is 8.12. The number of amides is 4. The molecule has 15 heteroatoms. The van der Waals surface area contributed by atoms with Gasteiger partial charge in [-0.2, -0.15) is 4.21 Å². The third-order valence-electron chi connectivity index (χ3n) is 4.71. The van der Waals surface area contributed by atoms with E-state index in [1.807, 2.05) is 4.72 Å². The molecular weight excluding hydrogens is 540 g/mol. The van der Waals surface area contributed by atoms with Gasteiger partial charge in [-0.3, -0.25) is 9.59 Å². The van der Waals surface area contributed by atoms with E-state index >= 15 is 0 Å². The normalized spacial score (nSPS) is 14.3. The number of fused-ring (bicyclic) bond motifs is 1. The van der Waals surface area contributed by atoms with E-state index in [9.17, 15) is 27.0 Å². The van der Waals surface area contributed by atoms with Crippen LogP contribution in [0.4, 0.5) is 16.2 Å². The van der Waals surface area contributed by atoms with Crippen molar-refractivity contribution in [3.05, 3.63) is 70.1 Å². The summed E-state index contributed by atoms with van der Waals surface area (Å²) in [5, 5.41) is 7.48. The van der Waals surface area contributed by atoms with Gasteiger partial charge in [0.25, 0.3) is 27.2 Å². The Morgan fingerprint density at radius 3 is 2.46 bits per heavy atom. The number of carbonyl (C=O) groups is 3. The highest BCUT2D eigenvalue weighted by Crippen LogP contribution is 2.29. The molecule has 2 aromatic carbocycles. The average Bonchev–Trinajstić information content (AvgIpc) is 3.22. The van der Waals surface area contributed by atoms with Crippen LogP contribution in [0, 0.1) is 0 Å². The molecule has 0 spiro atoms. The third kappa shape index (κ3) is 5.52. The molecule has 1 atom stereocenters. The van der Waals surface area contributed by atoms with Crippen molar-refractivity contribution in [2.75, 3.05) is 10.2 Å². The minimum atomic E-state index is -4.10. The first kappa shape index (κ1) is 24.8. The van der Waals surface area contributed by atoms with Crippen LogP contribution in [-0.2, 0) is 32.5 Å². The van der Waals surface area contributed by atoms with Gasteiger partial charge in [-0.05, 0) is 54.1 Å². The molecule has 1 unspecified atom stereocenters. The number of hydrogen-bond donors (Lipinski definition) is 3. The summed E-state index contributed by atoms with van der Waals surface area (Å²) in [6, 6.07) is 11.6. The monoisotopic (exact) mass is 554 g/mol. The molecule has 182 valence electrons. The fourth-order valence-corrected chi connectivity index (χ4v) is 5.94. The molecule has 0 fully saturated rings. The van der Waals surface area contributed by atoms with E-state index in [1.54, 1.807) is 0 Å². The highest BCUT2D eigenvalue weighted by Gasteiger charge is 2.32. The molecule has 0 saturated heterocycles. The lowest BCUT2D eigenvalue weighted by molar-refractivity contribution is -0.117. The highest BCUT2D eigenvalue weighted by atomic mass is 35.5. The summed E-state index contributed by atoms with van der Waals surface area (Å²) in [5.74, 6) is -0.987. The van der Waals surface area contributed by atoms with Crippen molar-refractivity contribution in [2.45, 2.75) is 10.6 Å². The Morgan fingerprint density at radius 2 is 1.83 bits per heavy atom. The van der Waals surface area contributed by atoms with Crippen molar-refractivity contribution in [3.63, 3.8) is 0 Å². The zero-order chi connectivity index (χ0) is 25.3. The van der Waals surface area contributed by atoms with Crippen molar-refractivity contribution in [1.82, 2.24) is 4.72 Å². The molecule has 1 aliphatic rings. The zero-order valence-corrected chi connectivity index (χ0v) is 20.6. The van der Waals surface area contributed by atoms with E-state index in [-0.39, 0.29) is 37.7 Å². The minimum Gasteiger partial charge on any atom is -0.389 e. The van der Waals surface area contributed by atoms with Crippen LogP contribution in [0.25, 0.3) is 0 Å². The number of carbonyl (C=O) groups excluding carboxylic acids is 3. The number of nitrogens with one attached hydrogen (secondary N) is 2. The fourth-order valence-electron chi connectivity index (χ4n) is 3.26. The molecule has 1 aliphatic heterocycles. The molecule has 3 aromatic rings. The lowest BCUT2D eigenvalue weighted by Gasteiger charge is -2.27. The number of hydrogen-bond acceptors (Lipinski definition) is 8. The maximum atomic E-state index is 13.0. The van der Waals surface area contributed by atoms with E-state index in [4.69, 9.17) is 20.9 Å². The van der Waals surface area contributed by atoms with Crippen LogP contribution in [0.1, 0.15) is 15.9 Å². The van der Waals surface area contributed by atoms with Crippen LogP contribution in [-0.4, -0.2) is 30.5 Å². The van der Waals surface area contributed by atoms with Crippen LogP contribution in [0.3, 0.4) is 0 Å². The van der Waals surface area contributed by atoms with Gasteiger partial charge in [0.15, 0.2) is 0 Å². The number of nitrogens with two attached hydrogens (primary N) is 1. The Labute approximate surface area is 210 Å². The number of rotatable bonds is 6. The fraction of sp³-hybridized carbons (Fsp3) is 0.0500. The Hall–Kier alpha value is -3.30. The quantitative estimate of drug-likeness (QED) is 0.394. The number of benzene rings is 2. The molecule has 35 heavy (non-hydrogen) atoms. The first-order valence-corrected chi connectivity index (χ1v) is 13.4. The molecule has 1 aromatic heterocycles. The molecule has 11 nitrogen and oxygen atoms in total. The van der Waals surface area contributed by atoms with Crippen molar-refractivity contribution in [2.24, 2.45) is 5.14 Å². The van der Waals surface area contributed by atoms with Gasteiger partial charge in [0.2, 0.25) is 5.91 Å². The van der Waals surface area contributed by atoms with Crippen LogP contribution >= 0.6 is 22.9 Å². The molecular formula is C20H15ClN4O7S3. The number of thiophene rings is 1. The highest BCUT2D eigenvalue weighted by molar-refractivity contribution is 7.92. The van der Waals surface area contributed by atoms with Crippen LogP contribution in [0.15, 0.2) is 58.8 Å². The van der Waals surface area contributed by atoms with Crippen molar-refractivity contribution in [1.29, 1.82) is 0 Å². The minimum absolute atomic E-state index is 0.0555. The number of anilines is 2. The van der Waals surface area contributed by atoms with Crippen molar-refractivity contribution in [3.8, 4) is 5.75 Å². The smallest absolute Gasteiger partial charge is 0.333 e. The number of halogens is 1. The van der Waals surface area contributed by atoms with Crippen molar-refractivity contribution >= 4 is 73.4 Å². The molecule has 0 saturated carbocycles. The summed E-state index contributed by atoms with van der Waals surface area (Å²) in [4.78, 5) is 38.8. The summed E-state index contributed by atoms with van der Waals surface area (Å²) in [7, 11) is -4.10. The Bertz CT molecular complexity index is 1470. The largest absolute Gasteiger partial charge is 0.389 e. The van der Waals surface area contributed by atoms with E-state index in [1.165, 1.54) is 54.6 Å². The van der Waals surface area contributed by atoms with Gasteiger partial charge in [-0.1, -0.05) is 17.7 Å². The van der Waals surface area contributed by atoms with Gasteiger partial charge < -0.3 is 9.50 Å². The second-order valence-corrected chi connectivity index (χ2v) is 11.4. The van der Waals surface area contributed by atoms with Gasteiger partial charge in [-0.15, -0.1) is 11.3 Å². The zero-order valence-electron chi connectivity index (χ0n) is 17.4.